The lowest BCUT2D eigenvalue weighted by Gasteiger charge is -2.24. The third-order valence-corrected chi connectivity index (χ3v) is 6.02. The average Bonchev–Trinajstić information content (AvgIpc) is 2.85. The predicted octanol–water partition coefficient (Wildman–Crippen LogP) is 3.35. The first-order valence-corrected chi connectivity index (χ1v) is 11.2. The van der Waals surface area contributed by atoms with E-state index in [-0.39, 0.29) is 11.7 Å². The second-order valence-electron chi connectivity index (χ2n) is 8.28. The fraction of sp³-hybridized carbons (Fsp3) is 0.240. The Morgan fingerprint density at radius 1 is 1.03 bits per heavy atom. The van der Waals surface area contributed by atoms with Crippen LogP contribution in [0.4, 0.5) is 14.7 Å². The first kappa shape index (κ1) is 22.1. The van der Waals surface area contributed by atoms with Gasteiger partial charge in [0.25, 0.3) is 5.56 Å². The third-order valence-electron chi connectivity index (χ3n) is 6.02. The number of hydrogen-bond donors (Lipinski definition) is 3. The van der Waals surface area contributed by atoms with Gasteiger partial charge in [0.1, 0.15) is 17.3 Å². The van der Waals surface area contributed by atoms with E-state index in [2.05, 4.69) is 15.6 Å². The van der Waals surface area contributed by atoms with E-state index in [4.69, 9.17) is 10.7 Å². The van der Waals surface area contributed by atoms with Crippen molar-refractivity contribution in [2.75, 3.05) is 18.4 Å². The van der Waals surface area contributed by atoms with Gasteiger partial charge in [0, 0.05) is 29.6 Å². The molecule has 0 unspecified atom stereocenters. The van der Waals surface area contributed by atoms with Crippen LogP contribution in [0, 0.1) is 11.6 Å². The van der Waals surface area contributed by atoms with Crippen LogP contribution in [-0.4, -0.2) is 33.7 Å². The fourth-order valence-electron chi connectivity index (χ4n) is 4.31. The van der Waals surface area contributed by atoms with Crippen molar-refractivity contribution >= 4 is 17.0 Å². The lowest BCUT2D eigenvalue weighted by molar-refractivity contribution is 0.477. The van der Waals surface area contributed by atoms with Crippen molar-refractivity contribution in [2.24, 2.45) is 5.73 Å². The molecular weight excluding hydrogens is 438 g/mol. The zero-order valence-electron chi connectivity index (χ0n) is 18.4. The number of rotatable bonds is 5. The van der Waals surface area contributed by atoms with Crippen LogP contribution in [0.1, 0.15) is 18.4 Å². The van der Waals surface area contributed by atoms with Gasteiger partial charge in [0.15, 0.2) is 5.65 Å². The molecule has 0 radical (unpaired) electrons. The Balaban J connectivity index is 1.79. The maximum absolute atomic E-state index is 14.8. The van der Waals surface area contributed by atoms with E-state index in [1.165, 1.54) is 12.1 Å². The van der Waals surface area contributed by atoms with E-state index in [1.807, 2.05) is 24.3 Å². The Morgan fingerprint density at radius 2 is 1.76 bits per heavy atom. The van der Waals surface area contributed by atoms with Crippen LogP contribution < -0.4 is 21.9 Å². The molecule has 1 aliphatic rings. The van der Waals surface area contributed by atoms with E-state index in [0.29, 0.717) is 23.6 Å². The summed E-state index contributed by atoms with van der Waals surface area (Å²) < 4.78 is 30.5. The molecule has 2 aromatic heterocycles. The van der Waals surface area contributed by atoms with Crippen LogP contribution in [0.2, 0.25) is 0 Å². The first-order chi connectivity index (χ1) is 16.5. The molecule has 0 bridgehead atoms. The molecule has 0 atom stereocenters. The van der Waals surface area contributed by atoms with Crippen molar-refractivity contribution in [3.63, 3.8) is 0 Å². The number of fused-ring (bicyclic) bond motifs is 1. The summed E-state index contributed by atoms with van der Waals surface area (Å²) in [6.45, 7) is 2.08. The smallest absolute Gasteiger partial charge is 0.256 e. The summed E-state index contributed by atoms with van der Waals surface area (Å²) in [7, 11) is 0. The van der Waals surface area contributed by atoms with Crippen molar-refractivity contribution < 1.29 is 8.78 Å². The van der Waals surface area contributed by atoms with Crippen molar-refractivity contribution in [1.82, 2.24) is 19.9 Å². The minimum Gasteiger partial charge on any atom is -0.351 e. The molecule has 1 aliphatic heterocycles. The van der Waals surface area contributed by atoms with E-state index in [9.17, 15) is 13.6 Å². The van der Waals surface area contributed by atoms with Gasteiger partial charge in [-0.1, -0.05) is 24.3 Å². The van der Waals surface area contributed by atoms with Gasteiger partial charge in [0.2, 0.25) is 5.95 Å². The van der Waals surface area contributed by atoms with E-state index in [0.717, 1.165) is 53.8 Å². The number of benzene rings is 2. The second-order valence-corrected chi connectivity index (χ2v) is 8.28. The highest BCUT2D eigenvalue weighted by Crippen LogP contribution is 2.30. The standard InChI is InChI=1S/C25H24F2N6O/c26-19-5-2-6-20(27)23(19)33-21(34)8-7-18-22(16-4-1-3-15(13-16)14-28)31-25(32-24(18)33)30-17-9-11-29-12-10-17/h1-8,13,17,29H,9-12,14,28H2,(H,30,31,32). The van der Waals surface area contributed by atoms with E-state index < -0.39 is 22.9 Å². The highest BCUT2D eigenvalue weighted by atomic mass is 19.1. The van der Waals surface area contributed by atoms with Crippen molar-refractivity contribution in [1.29, 1.82) is 0 Å². The zero-order chi connectivity index (χ0) is 23.7. The third kappa shape index (κ3) is 4.15. The topological polar surface area (TPSA) is 97.9 Å². The highest BCUT2D eigenvalue weighted by molar-refractivity contribution is 5.92. The molecule has 174 valence electrons. The summed E-state index contributed by atoms with van der Waals surface area (Å²) in [6.07, 6.45) is 1.76. The molecule has 3 heterocycles. The van der Waals surface area contributed by atoms with Gasteiger partial charge < -0.3 is 16.4 Å². The number of nitrogens with two attached hydrogens (primary N) is 1. The molecule has 4 N–H and O–H groups in total. The number of para-hydroxylation sites is 1. The normalized spacial score (nSPS) is 14.4. The Bertz CT molecular complexity index is 1390. The molecule has 0 aliphatic carbocycles. The number of halogens is 2. The molecule has 0 spiro atoms. The summed E-state index contributed by atoms with van der Waals surface area (Å²) >= 11 is 0. The summed E-state index contributed by atoms with van der Waals surface area (Å²) in [6, 6.07) is 14.1. The van der Waals surface area contributed by atoms with Crippen molar-refractivity contribution in [2.45, 2.75) is 25.4 Å². The second kappa shape index (κ2) is 9.28. The maximum atomic E-state index is 14.8. The van der Waals surface area contributed by atoms with Gasteiger partial charge in [-0.2, -0.15) is 4.98 Å². The summed E-state index contributed by atoms with van der Waals surface area (Å²) in [5, 5.41) is 7.15. The monoisotopic (exact) mass is 462 g/mol. The number of piperidine rings is 1. The van der Waals surface area contributed by atoms with Gasteiger partial charge in [-0.05, 0) is 55.8 Å². The lowest BCUT2D eigenvalue weighted by atomic mass is 10.0. The van der Waals surface area contributed by atoms with Crippen molar-refractivity contribution in [3.8, 4) is 16.9 Å². The fourth-order valence-corrected chi connectivity index (χ4v) is 4.31. The van der Waals surface area contributed by atoms with Crippen LogP contribution in [0.25, 0.3) is 28.0 Å². The Labute approximate surface area is 194 Å². The summed E-state index contributed by atoms with van der Waals surface area (Å²) in [5.41, 5.74) is 7.12. The minimum absolute atomic E-state index is 0.121. The molecule has 0 amide bonds. The van der Waals surface area contributed by atoms with Crippen LogP contribution in [0.3, 0.4) is 0 Å². The first-order valence-electron chi connectivity index (χ1n) is 11.2. The Morgan fingerprint density at radius 3 is 2.50 bits per heavy atom. The molecule has 2 aromatic carbocycles. The molecule has 1 saturated heterocycles. The summed E-state index contributed by atoms with van der Waals surface area (Å²) in [4.78, 5) is 22.3. The van der Waals surface area contributed by atoms with Crippen LogP contribution >= 0.6 is 0 Å². The number of pyridine rings is 1. The average molecular weight is 463 g/mol. The number of nitrogens with zero attached hydrogens (tertiary/aromatic N) is 3. The Kier molecular flexibility index (Phi) is 6.04. The largest absolute Gasteiger partial charge is 0.351 e. The quantitative estimate of drug-likeness (QED) is 0.421. The van der Waals surface area contributed by atoms with Crippen LogP contribution in [0.15, 0.2) is 59.4 Å². The minimum atomic E-state index is -0.854. The zero-order valence-corrected chi connectivity index (χ0v) is 18.4. The molecule has 9 heteroatoms. The predicted molar refractivity (Wildman–Crippen MR) is 128 cm³/mol. The van der Waals surface area contributed by atoms with E-state index in [1.54, 1.807) is 6.07 Å². The maximum Gasteiger partial charge on any atom is 0.256 e. The molecule has 7 nitrogen and oxygen atoms in total. The molecule has 5 rings (SSSR count). The number of anilines is 1. The van der Waals surface area contributed by atoms with E-state index >= 15 is 0 Å². The molecule has 0 saturated carbocycles. The molecular formula is C25H24F2N6O. The lowest BCUT2D eigenvalue weighted by Crippen LogP contribution is -2.35. The van der Waals surface area contributed by atoms with Gasteiger partial charge in [-0.3, -0.25) is 9.36 Å². The van der Waals surface area contributed by atoms with Gasteiger partial charge in [0.05, 0.1) is 5.69 Å². The number of nitrogens with one attached hydrogen (secondary N) is 2. The van der Waals surface area contributed by atoms with Gasteiger partial charge in [-0.15, -0.1) is 0 Å². The number of aromatic nitrogens is 3. The Hall–Kier alpha value is -3.69. The van der Waals surface area contributed by atoms with Crippen LogP contribution in [-0.2, 0) is 6.54 Å². The van der Waals surface area contributed by atoms with Gasteiger partial charge in [-0.25, -0.2) is 13.8 Å². The number of hydrogen-bond acceptors (Lipinski definition) is 6. The molecule has 1 fully saturated rings. The molecule has 34 heavy (non-hydrogen) atoms. The van der Waals surface area contributed by atoms with Gasteiger partial charge >= 0.3 is 0 Å². The van der Waals surface area contributed by atoms with Crippen LogP contribution in [0.5, 0.6) is 0 Å². The molecule has 4 aromatic rings. The highest BCUT2D eigenvalue weighted by Gasteiger charge is 2.21. The SMILES string of the molecule is NCc1cccc(-c2nc(NC3CCNCC3)nc3c2ccc(=O)n3-c2c(F)cccc2F)c1. The summed E-state index contributed by atoms with van der Waals surface area (Å²) in [5.74, 6) is -1.41. The van der Waals surface area contributed by atoms with Crippen molar-refractivity contribution in [3.05, 3.63) is 82.1 Å².